The average Bonchev–Trinajstić information content (AvgIpc) is 2.88. The van der Waals surface area contributed by atoms with Crippen molar-refractivity contribution in [3.05, 3.63) is 36.5 Å². The Balaban J connectivity index is 2.38. The minimum Gasteiger partial charge on any atom is -0.481 e. The summed E-state index contributed by atoms with van der Waals surface area (Å²) in [6, 6.07) is 0. The number of carboxylic acid groups (broad SMARTS) is 1. The molecule has 0 amide bonds. The van der Waals surface area contributed by atoms with Gasteiger partial charge in [0.15, 0.2) is 5.78 Å². The van der Waals surface area contributed by atoms with E-state index in [1.807, 2.05) is 24.3 Å². The van der Waals surface area contributed by atoms with Crippen molar-refractivity contribution in [2.24, 2.45) is 11.8 Å². The van der Waals surface area contributed by atoms with Crippen LogP contribution in [-0.2, 0) is 9.59 Å². The molecule has 0 saturated heterocycles. The van der Waals surface area contributed by atoms with Gasteiger partial charge in [0.2, 0.25) is 0 Å². The van der Waals surface area contributed by atoms with Crippen LogP contribution in [0.4, 0.5) is 0 Å². The molecule has 0 aromatic heterocycles. The lowest BCUT2D eigenvalue weighted by Crippen LogP contribution is -2.14. The Morgan fingerprint density at radius 2 is 2.00 bits per heavy atom. The van der Waals surface area contributed by atoms with E-state index in [2.05, 4.69) is 0 Å². The number of carbonyl (C=O) groups excluding carboxylic acids is 1. The minimum absolute atomic E-state index is 0.0115. The largest absolute Gasteiger partial charge is 0.481 e. The monoisotopic (exact) mass is 350 g/mol. The molecule has 0 radical (unpaired) electrons. The molecule has 4 atom stereocenters. The molecule has 0 spiro atoms. The molecular weight excluding hydrogens is 320 g/mol. The van der Waals surface area contributed by atoms with Crippen LogP contribution in [0, 0.1) is 11.8 Å². The number of hydrogen-bond donors (Lipinski definition) is 3. The normalized spacial score (nSPS) is 22.9. The SMILES string of the molecule is C[C@H](O)CCC[C@@H](O)/C=C/[C@H]1C=CC(=O)[C@@H]1C/C=C\CCCC(=O)O. The highest BCUT2D eigenvalue weighted by molar-refractivity contribution is 5.95. The number of allylic oxidation sites excluding steroid dienone is 5. The quantitative estimate of drug-likeness (QED) is 0.371. The smallest absolute Gasteiger partial charge is 0.303 e. The molecule has 0 fully saturated rings. The second-order valence-electron chi connectivity index (χ2n) is 6.67. The average molecular weight is 350 g/mol. The highest BCUT2D eigenvalue weighted by Crippen LogP contribution is 2.27. The van der Waals surface area contributed by atoms with Gasteiger partial charge in [0.05, 0.1) is 12.2 Å². The first kappa shape index (κ1) is 21.3. The number of rotatable bonds is 12. The lowest BCUT2D eigenvalue weighted by atomic mass is 9.90. The van der Waals surface area contributed by atoms with E-state index < -0.39 is 12.1 Å². The molecule has 0 unspecified atom stereocenters. The fourth-order valence-electron chi connectivity index (χ4n) is 2.83. The topological polar surface area (TPSA) is 94.8 Å². The van der Waals surface area contributed by atoms with Gasteiger partial charge in [-0.05, 0) is 51.5 Å². The van der Waals surface area contributed by atoms with E-state index in [4.69, 9.17) is 5.11 Å². The molecule has 140 valence electrons. The maximum Gasteiger partial charge on any atom is 0.303 e. The predicted octanol–water partition coefficient (Wildman–Crippen LogP) is 3.03. The molecule has 0 bridgehead atoms. The summed E-state index contributed by atoms with van der Waals surface area (Å²) >= 11 is 0. The van der Waals surface area contributed by atoms with Crippen molar-refractivity contribution in [1.29, 1.82) is 0 Å². The number of ketones is 1. The second kappa shape index (κ2) is 11.8. The minimum atomic E-state index is -0.791. The van der Waals surface area contributed by atoms with E-state index in [-0.39, 0.29) is 30.1 Å². The summed E-state index contributed by atoms with van der Waals surface area (Å²) in [7, 11) is 0. The number of aliphatic carboxylic acids is 1. The van der Waals surface area contributed by atoms with Gasteiger partial charge in [-0.25, -0.2) is 0 Å². The highest BCUT2D eigenvalue weighted by atomic mass is 16.4. The molecule has 3 N–H and O–H groups in total. The molecule has 5 heteroatoms. The van der Waals surface area contributed by atoms with Crippen LogP contribution in [0.5, 0.6) is 0 Å². The van der Waals surface area contributed by atoms with Gasteiger partial charge in [0.1, 0.15) is 0 Å². The number of aliphatic hydroxyl groups excluding tert-OH is 2. The molecule has 1 rings (SSSR count). The van der Waals surface area contributed by atoms with Crippen molar-refractivity contribution in [2.75, 3.05) is 0 Å². The third-order valence-corrected chi connectivity index (χ3v) is 4.31. The fourth-order valence-corrected chi connectivity index (χ4v) is 2.83. The van der Waals surface area contributed by atoms with Crippen LogP contribution in [0.15, 0.2) is 36.5 Å². The van der Waals surface area contributed by atoms with Crippen LogP contribution in [0.25, 0.3) is 0 Å². The molecular formula is C20H30O5. The summed E-state index contributed by atoms with van der Waals surface area (Å²) in [5, 5.41) is 27.7. The molecule has 0 saturated carbocycles. The molecule has 25 heavy (non-hydrogen) atoms. The zero-order chi connectivity index (χ0) is 18.7. The Hall–Kier alpha value is -1.72. The van der Waals surface area contributed by atoms with E-state index in [1.165, 1.54) is 0 Å². The summed E-state index contributed by atoms with van der Waals surface area (Å²) in [5.41, 5.74) is 0. The van der Waals surface area contributed by atoms with Crippen molar-refractivity contribution in [2.45, 2.75) is 64.1 Å². The number of carboxylic acids is 1. The van der Waals surface area contributed by atoms with Gasteiger partial charge < -0.3 is 15.3 Å². The molecule has 1 aliphatic carbocycles. The van der Waals surface area contributed by atoms with Gasteiger partial charge in [-0.15, -0.1) is 0 Å². The number of aliphatic hydroxyl groups is 2. The third kappa shape index (κ3) is 9.37. The molecule has 0 aromatic rings. The summed E-state index contributed by atoms with van der Waals surface area (Å²) < 4.78 is 0. The summed E-state index contributed by atoms with van der Waals surface area (Å²) in [6.07, 6.45) is 14.1. The maximum absolute atomic E-state index is 12.0. The molecule has 0 aromatic carbocycles. The number of unbranched alkanes of at least 4 members (excludes halogenated alkanes) is 1. The first-order valence-electron chi connectivity index (χ1n) is 9.03. The molecule has 5 nitrogen and oxygen atoms in total. The lowest BCUT2D eigenvalue weighted by molar-refractivity contribution is -0.137. The summed E-state index contributed by atoms with van der Waals surface area (Å²) in [6.45, 7) is 1.73. The predicted molar refractivity (Wildman–Crippen MR) is 97.0 cm³/mol. The third-order valence-electron chi connectivity index (χ3n) is 4.31. The van der Waals surface area contributed by atoms with Gasteiger partial charge in [-0.2, -0.15) is 0 Å². The van der Waals surface area contributed by atoms with Crippen molar-refractivity contribution in [1.82, 2.24) is 0 Å². The van der Waals surface area contributed by atoms with Crippen LogP contribution in [0.2, 0.25) is 0 Å². The van der Waals surface area contributed by atoms with Gasteiger partial charge in [0.25, 0.3) is 0 Å². The molecule has 0 heterocycles. The van der Waals surface area contributed by atoms with Crippen molar-refractivity contribution in [3.8, 4) is 0 Å². The van der Waals surface area contributed by atoms with Crippen LogP contribution in [-0.4, -0.2) is 39.3 Å². The molecule has 0 aliphatic heterocycles. The van der Waals surface area contributed by atoms with E-state index in [1.54, 1.807) is 19.1 Å². The zero-order valence-electron chi connectivity index (χ0n) is 14.9. The Morgan fingerprint density at radius 1 is 1.24 bits per heavy atom. The van der Waals surface area contributed by atoms with Crippen LogP contribution in [0.3, 0.4) is 0 Å². The van der Waals surface area contributed by atoms with E-state index in [0.29, 0.717) is 32.1 Å². The van der Waals surface area contributed by atoms with E-state index in [0.717, 1.165) is 6.42 Å². The lowest BCUT2D eigenvalue weighted by Gasteiger charge is -2.13. The second-order valence-corrected chi connectivity index (χ2v) is 6.67. The van der Waals surface area contributed by atoms with E-state index >= 15 is 0 Å². The maximum atomic E-state index is 12.0. The van der Waals surface area contributed by atoms with Crippen LogP contribution < -0.4 is 0 Å². The number of hydrogen-bond acceptors (Lipinski definition) is 4. The van der Waals surface area contributed by atoms with Crippen molar-refractivity contribution < 1.29 is 24.9 Å². The zero-order valence-corrected chi connectivity index (χ0v) is 14.9. The first-order valence-corrected chi connectivity index (χ1v) is 9.03. The van der Waals surface area contributed by atoms with Gasteiger partial charge in [-0.1, -0.05) is 30.4 Å². The first-order chi connectivity index (χ1) is 11.9. The Morgan fingerprint density at radius 3 is 2.68 bits per heavy atom. The van der Waals surface area contributed by atoms with Crippen molar-refractivity contribution in [3.63, 3.8) is 0 Å². The standard InChI is InChI=1S/C20H30O5/c1-15(21)7-6-8-17(22)13-11-16-12-14-19(23)18(16)9-4-2-3-5-10-20(24)25/h2,4,11-18,21-22H,3,5-10H2,1H3,(H,24,25)/b4-2-,13-11+/t15-,16-,17+,18+/m0/s1. The fraction of sp³-hybridized carbons (Fsp3) is 0.600. The molecule has 1 aliphatic rings. The van der Waals surface area contributed by atoms with Gasteiger partial charge in [-0.3, -0.25) is 9.59 Å². The summed E-state index contributed by atoms with van der Waals surface area (Å²) in [5.74, 6) is -0.853. The Labute approximate surface area is 149 Å². The van der Waals surface area contributed by atoms with Crippen LogP contribution in [0.1, 0.15) is 51.9 Å². The highest BCUT2D eigenvalue weighted by Gasteiger charge is 2.27. The van der Waals surface area contributed by atoms with Crippen molar-refractivity contribution >= 4 is 11.8 Å². The number of carbonyl (C=O) groups is 2. The van der Waals surface area contributed by atoms with Gasteiger partial charge >= 0.3 is 5.97 Å². The Bertz CT molecular complexity index is 504. The van der Waals surface area contributed by atoms with Gasteiger partial charge in [0, 0.05) is 18.3 Å². The Kier molecular flexibility index (Phi) is 10.0. The summed E-state index contributed by atoms with van der Waals surface area (Å²) in [4.78, 5) is 22.4. The van der Waals surface area contributed by atoms with E-state index in [9.17, 15) is 19.8 Å². The van der Waals surface area contributed by atoms with Crippen LogP contribution >= 0.6 is 0 Å².